The molecular formula is C15H26N4O. The molecule has 2 N–H and O–H groups in total. The molecule has 0 fully saturated rings. The van der Waals surface area contributed by atoms with E-state index in [1.54, 1.807) is 6.20 Å². The third-order valence-corrected chi connectivity index (χ3v) is 3.16. The average Bonchev–Trinajstić information content (AvgIpc) is 2.42. The molecule has 0 aliphatic rings. The Balaban J connectivity index is 2.54. The molecule has 1 aromatic heterocycles. The Morgan fingerprint density at radius 3 is 2.50 bits per heavy atom. The molecular weight excluding hydrogens is 252 g/mol. The van der Waals surface area contributed by atoms with Crippen LogP contribution in [-0.2, 0) is 4.79 Å². The van der Waals surface area contributed by atoms with Gasteiger partial charge in [-0.15, -0.1) is 0 Å². The Morgan fingerprint density at radius 2 is 2.00 bits per heavy atom. The van der Waals surface area contributed by atoms with Crippen LogP contribution in [0.25, 0.3) is 0 Å². The van der Waals surface area contributed by atoms with Crippen LogP contribution in [0.15, 0.2) is 18.3 Å². The lowest BCUT2D eigenvalue weighted by molar-refractivity contribution is -0.116. The summed E-state index contributed by atoms with van der Waals surface area (Å²) in [4.78, 5) is 18.4. The Hall–Kier alpha value is -1.62. The van der Waals surface area contributed by atoms with Crippen molar-refractivity contribution in [2.45, 2.75) is 40.2 Å². The molecule has 1 amide bonds. The van der Waals surface area contributed by atoms with Gasteiger partial charge in [0.25, 0.3) is 0 Å². The van der Waals surface area contributed by atoms with Gasteiger partial charge in [-0.05, 0) is 39.4 Å². The van der Waals surface area contributed by atoms with E-state index in [0.29, 0.717) is 6.42 Å². The van der Waals surface area contributed by atoms with E-state index in [-0.39, 0.29) is 11.9 Å². The lowest BCUT2D eigenvalue weighted by Gasteiger charge is -2.19. The third-order valence-electron chi connectivity index (χ3n) is 3.16. The lowest BCUT2D eigenvalue weighted by Crippen LogP contribution is -2.30. The molecule has 0 saturated heterocycles. The summed E-state index contributed by atoms with van der Waals surface area (Å²) in [6.07, 6.45) is 2.18. The molecule has 0 aliphatic heterocycles. The number of carbonyl (C=O) groups excluding carboxylic acids is 1. The fraction of sp³-hybridized carbons (Fsp3) is 0.600. The van der Waals surface area contributed by atoms with Crippen LogP contribution in [0.2, 0.25) is 0 Å². The lowest BCUT2D eigenvalue weighted by atomic mass is 10.2. The second kappa shape index (κ2) is 8.53. The number of hydrogen-bond acceptors (Lipinski definition) is 4. The molecule has 0 spiro atoms. The second-order valence-corrected chi connectivity index (χ2v) is 4.79. The first-order chi connectivity index (χ1) is 9.60. The Labute approximate surface area is 121 Å². The predicted molar refractivity (Wildman–Crippen MR) is 84.2 cm³/mol. The van der Waals surface area contributed by atoms with Gasteiger partial charge in [-0.2, -0.15) is 0 Å². The highest BCUT2D eigenvalue weighted by Gasteiger charge is 2.09. The first kappa shape index (κ1) is 16.4. The van der Waals surface area contributed by atoms with Gasteiger partial charge >= 0.3 is 0 Å². The van der Waals surface area contributed by atoms with Gasteiger partial charge in [0.05, 0.1) is 11.9 Å². The first-order valence-corrected chi connectivity index (χ1v) is 7.34. The van der Waals surface area contributed by atoms with Crippen molar-refractivity contribution < 1.29 is 4.79 Å². The van der Waals surface area contributed by atoms with Gasteiger partial charge in [-0.1, -0.05) is 6.92 Å². The summed E-state index contributed by atoms with van der Waals surface area (Å²) in [7, 11) is 0. The molecule has 0 aliphatic carbocycles. The molecule has 0 saturated carbocycles. The van der Waals surface area contributed by atoms with E-state index in [1.165, 1.54) is 0 Å². The maximum absolute atomic E-state index is 11.8. The van der Waals surface area contributed by atoms with Gasteiger partial charge in [-0.3, -0.25) is 4.79 Å². The molecule has 0 bridgehead atoms. The van der Waals surface area contributed by atoms with Crippen molar-refractivity contribution >= 4 is 17.4 Å². The standard InChI is InChI=1S/C15H26N4O/c1-5-16-12(4)10-15(20)18-13-8-9-14(17-11-13)19(6-2)7-3/h8-9,11-12,16H,5-7,10H2,1-4H3,(H,18,20). The molecule has 112 valence electrons. The minimum absolute atomic E-state index is 0.0100. The summed E-state index contributed by atoms with van der Waals surface area (Å²) in [6, 6.07) is 4.02. The van der Waals surface area contributed by atoms with Crippen molar-refractivity contribution in [2.75, 3.05) is 29.9 Å². The summed E-state index contributed by atoms with van der Waals surface area (Å²) in [6.45, 7) is 11.0. The first-order valence-electron chi connectivity index (χ1n) is 7.34. The monoisotopic (exact) mass is 278 g/mol. The van der Waals surface area contributed by atoms with Gasteiger partial charge in [0.15, 0.2) is 0 Å². The molecule has 1 rings (SSSR count). The van der Waals surface area contributed by atoms with E-state index >= 15 is 0 Å². The molecule has 5 heteroatoms. The quantitative estimate of drug-likeness (QED) is 0.766. The van der Waals surface area contributed by atoms with Crippen LogP contribution in [0.3, 0.4) is 0 Å². The summed E-state index contributed by atoms with van der Waals surface area (Å²) in [5.74, 6) is 0.949. The third kappa shape index (κ3) is 5.17. The highest BCUT2D eigenvalue weighted by atomic mass is 16.1. The number of aromatic nitrogens is 1. The van der Waals surface area contributed by atoms with Crippen LogP contribution in [0, 0.1) is 0 Å². The van der Waals surface area contributed by atoms with E-state index in [4.69, 9.17) is 0 Å². The number of nitrogens with one attached hydrogen (secondary N) is 2. The number of carbonyl (C=O) groups is 1. The number of hydrogen-bond donors (Lipinski definition) is 2. The number of anilines is 2. The van der Waals surface area contributed by atoms with Crippen molar-refractivity contribution in [2.24, 2.45) is 0 Å². The predicted octanol–water partition coefficient (Wildman–Crippen LogP) is 2.25. The van der Waals surface area contributed by atoms with Gasteiger partial charge < -0.3 is 15.5 Å². The van der Waals surface area contributed by atoms with E-state index in [1.807, 2.05) is 26.0 Å². The minimum Gasteiger partial charge on any atom is -0.357 e. The molecule has 0 radical (unpaired) electrons. The minimum atomic E-state index is 0.0100. The molecule has 5 nitrogen and oxygen atoms in total. The molecule has 0 aromatic carbocycles. The van der Waals surface area contributed by atoms with E-state index < -0.39 is 0 Å². The van der Waals surface area contributed by atoms with Gasteiger partial charge in [-0.25, -0.2) is 4.98 Å². The maximum Gasteiger partial charge on any atom is 0.225 e. The topological polar surface area (TPSA) is 57.3 Å². The Kier molecular flexibility index (Phi) is 7.01. The van der Waals surface area contributed by atoms with Crippen LogP contribution in [0.1, 0.15) is 34.1 Å². The van der Waals surface area contributed by atoms with E-state index in [2.05, 4.69) is 34.4 Å². The fourth-order valence-corrected chi connectivity index (χ4v) is 2.11. The number of nitrogens with zero attached hydrogens (tertiary/aromatic N) is 2. The molecule has 1 aromatic rings. The SMILES string of the molecule is CCNC(C)CC(=O)Nc1ccc(N(CC)CC)nc1. The summed E-state index contributed by atoms with van der Waals surface area (Å²) in [5.41, 5.74) is 0.745. The zero-order chi connectivity index (χ0) is 15.0. The van der Waals surface area contributed by atoms with Crippen LogP contribution in [0.5, 0.6) is 0 Å². The van der Waals surface area contributed by atoms with Crippen molar-refractivity contribution in [1.82, 2.24) is 10.3 Å². The smallest absolute Gasteiger partial charge is 0.225 e. The van der Waals surface area contributed by atoms with Gasteiger partial charge in [0.2, 0.25) is 5.91 Å². The highest BCUT2D eigenvalue weighted by Crippen LogP contribution is 2.14. The normalized spacial score (nSPS) is 12.0. The summed E-state index contributed by atoms with van der Waals surface area (Å²) >= 11 is 0. The van der Waals surface area contributed by atoms with Crippen molar-refractivity contribution in [3.8, 4) is 0 Å². The van der Waals surface area contributed by atoms with Crippen molar-refractivity contribution in [3.05, 3.63) is 18.3 Å². The number of pyridine rings is 1. The fourth-order valence-electron chi connectivity index (χ4n) is 2.11. The van der Waals surface area contributed by atoms with Crippen LogP contribution >= 0.6 is 0 Å². The summed E-state index contributed by atoms with van der Waals surface area (Å²) in [5, 5.41) is 6.09. The van der Waals surface area contributed by atoms with Gasteiger partial charge in [0.1, 0.15) is 5.82 Å². The molecule has 1 atom stereocenters. The Bertz CT molecular complexity index is 401. The zero-order valence-electron chi connectivity index (χ0n) is 12.9. The van der Waals surface area contributed by atoms with Crippen LogP contribution in [-0.4, -0.2) is 36.6 Å². The molecule has 1 unspecified atom stereocenters. The molecule has 20 heavy (non-hydrogen) atoms. The average molecular weight is 278 g/mol. The molecule has 1 heterocycles. The maximum atomic E-state index is 11.8. The van der Waals surface area contributed by atoms with E-state index in [0.717, 1.165) is 31.1 Å². The van der Waals surface area contributed by atoms with Crippen LogP contribution < -0.4 is 15.5 Å². The van der Waals surface area contributed by atoms with Crippen molar-refractivity contribution in [3.63, 3.8) is 0 Å². The van der Waals surface area contributed by atoms with Gasteiger partial charge in [0, 0.05) is 25.6 Å². The van der Waals surface area contributed by atoms with E-state index in [9.17, 15) is 4.79 Å². The largest absolute Gasteiger partial charge is 0.357 e. The zero-order valence-corrected chi connectivity index (χ0v) is 12.9. The number of amides is 1. The van der Waals surface area contributed by atoms with Crippen LogP contribution in [0.4, 0.5) is 11.5 Å². The highest BCUT2D eigenvalue weighted by molar-refractivity contribution is 5.90. The van der Waals surface area contributed by atoms with Crippen molar-refractivity contribution in [1.29, 1.82) is 0 Å². The Morgan fingerprint density at radius 1 is 1.30 bits per heavy atom. The second-order valence-electron chi connectivity index (χ2n) is 4.79. The number of rotatable bonds is 8. The summed E-state index contributed by atoms with van der Waals surface area (Å²) < 4.78 is 0.